The molecule has 53 heavy (non-hydrogen) atoms. The zero-order chi connectivity index (χ0) is 39.3. The number of unbranched alkanes of at least 4 members (excludes halogenated alkanes) is 1. The van der Waals surface area contributed by atoms with E-state index in [1.807, 2.05) is 0 Å². The molecule has 0 aliphatic rings. The Morgan fingerprint density at radius 3 is 1.81 bits per heavy atom. The third-order valence-corrected chi connectivity index (χ3v) is 7.79. The molecule has 2 unspecified atom stereocenters. The van der Waals surface area contributed by atoms with Crippen LogP contribution >= 0.6 is 11.6 Å². The van der Waals surface area contributed by atoms with E-state index in [9.17, 15) is 28.8 Å². The maximum atomic E-state index is 12.4. The van der Waals surface area contributed by atoms with E-state index in [1.165, 1.54) is 42.2 Å². The van der Waals surface area contributed by atoms with Gasteiger partial charge in [0.05, 0.1) is 45.4 Å². The number of esters is 4. The lowest BCUT2D eigenvalue weighted by molar-refractivity contribution is -0.141. The average Bonchev–Trinajstić information content (AvgIpc) is 3.15. The topological polar surface area (TPSA) is 222 Å². The Balaban J connectivity index is 2.63. The van der Waals surface area contributed by atoms with Crippen LogP contribution in [-0.2, 0) is 42.9 Å². The van der Waals surface area contributed by atoms with E-state index in [1.54, 1.807) is 19.1 Å². The lowest BCUT2D eigenvalue weighted by Crippen LogP contribution is -2.37. The van der Waals surface area contributed by atoms with Gasteiger partial charge in [-0.25, -0.2) is 0 Å². The predicted octanol–water partition coefficient (Wildman–Crippen LogP) is 4.08. The Labute approximate surface area is 310 Å². The fraction of sp³-hybridized carbons (Fsp3) is 0.471. The number of carbonyl (C=O) groups excluding carboxylic acids is 6. The van der Waals surface area contributed by atoms with Gasteiger partial charge in [0, 0.05) is 22.0 Å². The van der Waals surface area contributed by atoms with Crippen LogP contribution in [0.1, 0.15) is 43.0 Å². The van der Waals surface area contributed by atoms with Crippen molar-refractivity contribution >= 4 is 59.6 Å². The van der Waals surface area contributed by atoms with Crippen molar-refractivity contribution < 1.29 is 61.9 Å². The third-order valence-electron chi connectivity index (χ3n) is 7.55. The lowest BCUT2D eigenvalue weighted by Gasteiger charge is -2.28. The van der Waals surface area contributed by atoms with Crippen LogP contribution in [0.5, 0.6) is 17.2 Å². The van der Waals surface area contributed by atoms with Gasteiger partial charge in [-0.3, -0.25) is 28.8 Å². The number of ether oxygens (including phenoxy) is 7. The number of rotatable bonds is 24. The molecule has 0 amide bonds. The summed E-state index contributed by atoms with van der Waals surface area (Å²) in [7, 11) is 4.71. The maximum absolute atomic E-state index is 12.4. The molecule has 288 valence electrons. The minimum absolute atomic E-state index is 0.00178. The highest BCUT2D eigenvalue weighted by Crippen LogP contribution is 2.37. The van der Waals surface area contributed by atoms with Gasteiger partial charge in [0.15, 0.2) is 6.29 Å². The number of aldehydes is 1. The van der Waals surface area contributed by atoms with Crippen LogP contribution in [0.4, 0.5) is 11.4 Å². The molecule has 0 aliphatic heterocycles. The Morgan fingerprint density at radius 2 is 1.32 bits per heavy atom. The number of hydrogen-bond acceptors (Lipinski definition) is 16. The van der Waals surface area contributed by atoms with Gasteiger partial charge in [-0.05, 0) is 49.1 Å². The van der Waals surface area contributed by atoms with Crippen LogP contribution < -0.4 is 24.0 Å². The van der Waals surface area contributed by atoms with Crippen molar-refractivity contribution in [2.24, 2.45) is 5.11 Å². The fourth-order valence-corrected chi connectivity index (χ4v) is 5.01. The van der Waals surface area contributed by atoms with Gasteiger partial charge in [0.2, 0.25) is 0 Å². The average molecular weight is 764 g/mol. The van der Waals surface area contributed by atoms with E-state index < -0.39 is 43.1 Å². The molecule has 0 saturated heterocycles. The van der Waals surface area contributed by atoms with E-state index in [4.69, 9.17) is 50.3 Å². The molecule has 0 aliphatic carbocycles. The van der Waals surface area contributed by atoms with Crippen molar-refractivity contribution in [2.75, 3.05) is 71.0 Å². The van der Waals surface area contributed by atoms with Crippen molar-refractivity contribution in [3.05, 3.63) is 51.4 Å². The van der Waals surface area contributed by atoms with Crippen molar-refractivity contribution in [3.8, 4) is 17.2 Å². The molecule has 2 aromatic carbocycles. The minimum Gasteiger partial charge on any atom is -0.488 e. The number of anilines is 2. The highest BCUT2D eigenvalue weighted by Gasteiger charge is 2.26. The number of methoxy groups -OCH3 is 4. The summed E-state index contributed by atoms with van der Waals surface area (Å²) in [5.74, 6) is -2.74. The highest BCUT2D eigenvalue weighted by molar-refractivity contribution is 6.31. The molecule has 18 nitrogen and oxygen atoms in total. The summed E-state index contributed by atoms with van der Waals surface area (Å²) in [6.07, 6.45) is 1.79. The molecule has 0 radical (unpaired) electrons. The summed E-state index contributed by atoms with van der Waals surface area (Å²) < 4.78 is 36.9. The number of hydrogen-bond donors (Lipinski definition) is 0. The molecule has 0 aromatic heterocycles. The van der Waals surface area contributed by atoms with Crippen molar-refractivity contribution in [3.63, 3.8) is 0 Å². The van der Waals surface area contributed by atoms with Crippen molar-refractivity contribution in [2.45, 2.75) is 44.8 Å². The van der Waals surface area contributed by atoms with Crippen LogP contribution in [0.25, 0.3) is 10.4 Å². The summed E-state index contributed by atoms with van der Waals surface area (Å²) in [5, 5.41) is 3.97. The molecule has 0 saturated carbocycles. The molecule has 0 bridgehead atoms. The second-order valence-corrected chi connectivity index (χ2v) is 11.6. The van der Waals surface area contributed by atoms with E-state index in [0.717, 1.165) is 14.2 Å². The molecular formula is C34H42ClN5O13. The van der Waals surface area contributed by atoms with Crippen LogP contribution in [0.15, 0.2) is 35.4 Å². The van der Waals surface area contributed by atoms with Gasteiger partial charge in [0.1, 0.15) is 56.1 Å². The molecule has 0 N–H and O–H groups in total. The number of benzene rings is 2. The first-order valence-electron chi connectivity index (χ1n) is 16.1. The smallest absolute Gasteiger partial charge is 0.325 e. The van der Waals surface area contributed by atoms with Crippen molar-refractivity contribution in [1.82, 2.24) is 0 Å². The van der Waals surface area contributed by atoms with Crippen LogP contribution in [0.2, 0.25) is 5.02 Å². The van der Waals surface area contributed by atoms with Gasteiger partial charge in [-0.2, -0.15) is 0 Å². The van der Waals surface area contributed by atoms with Gasteiger partial charge in [-0.1, -0.05) is 30.1 Å². The third kappa shape index (κ3) is 14.4. The zero-order valence-corrected chi connectivity index (χ0v) is 30.7. The van der Waals surface area contributed by atoms with Crippen LogP contribution in [0.3, 0.4) is 0 Å². The highest BCUT2D eigenvalue weighted by atomic mass is 35.5. The van der Waals surface area contributed by atoms with E-state index in [-0.39, 0.29) is 71.4 Å². The summed E-state index contributed by atoms with van der Waals surface area (Å²) in [6.45, 7) is 0.0524. The predicted molar refractivity (Wildman–Crippen MR) is 189 cm³/mol. The Hall–Kier alpha value is -5.74. The monoisotopic (exact) mass is 763 g/mol. The Kier molecular flexibility index (Phi) is 18.8. The standard InChI is InChI=1S/C34H42ClN5O13/c1-22(37-38-36)8-6-7-9-25(53-28-11-10-24(35)13-26(28)39(15-31(43)47-2)16-32(44)48-3)20-51-30-12-23(19-41)29(52-21-42)14-27(30)40(17-33(45)49-4)18-34(46)50-5/h10-14,19,21-22,25H,6-9,15-18,20H2,1-5H3. The molecule has 19 heteroatoms. The second-order valence-electron chi connectivity index (χ2n) is 11.2. The number of carbonyl (C=O) groups is 6. The van der Waals surface area contributed by atoms with E-state index in [0.29, 0.717) is 32.0 Å². The SMILES string of the molecule is COC(=O)CN(CC(=O)OC)c1cc(OC=O)c(C=O)cc1OCC(CCCCC(C)N=[N+]=[N-])Oc1ccc(Cl)cc1N(CC(=O)OC)CC(=O)OC. The first-order valence-corrected chi connectivity index (χ1v) is 16.4. The van der Waals surface area contributed by atoms with Crippen molar-refractivity contribution in [1.29, 1.82) is 0 Å². The van der Waals surface area contributed by atoms with E-state index in [2.05, 4.69) is 10.0 Å². The summed E-state index contributed by atoms with van der Waals surface area (Å²) >= 11 is 6.34. The first-order chi connectivity index (χ1) is 25.4. The van der Waals surface area contributed by atoms with Gasteiger partial charge >= 0.3 is 23.9 Å². The maximum Gasteiger partial charge on any atom is 0.325 e. The number of azide groups is 1. The molecule has 0 heterocycles. The summed E-state index contributed by atoms with van der Waals surface area (Å²) in [4.78, 5) is 78.2. The molecule has 2 rings (SSSR count). The number of halogens is 1. The summed E-state index contributed by atoms with van der Waals surface area (Å²) in [5.41, 5.74) is 9.02. The summed E-state index contributed by atoms with van der Waals surface area (Å²) in [6, 6.07) is 6.86. The minimum atomic E-state index is -0.768. The lowest BCUT2D eigenvalue weighted by atomic mass is 10.1. The van der Waals surface area contributed by atoms with E-state index >= 15 is 0 Å². The van der Waals surface area contributed by atoms with Gasteiger partial charge in [0.25, 0.3) is 6.47 Å². The molecular weight excluding hydrogens is 722 g/mol. The van der Waals surface area contributed by atoms with Gasteiger partial charge < -0.3 is 43.0 Å². The molecule has 2 aromatic rings. The quantitative estimate of drug-likeness (QED) is 0.0279. The molecule has 2 atom stereocenters. The Bertz CT molecular complexity index is 1600. The number of nitrogens with zero attached hydrogens (tertiary/aromatic N) is 5. The largest absolute Gasteiger partial charge is 0.488 e. The molecule has 0 spiro atoms. The zero-order valence-electron chi connectivity index (χ0n) is 30.0. The first kappa shape index (κ1) is 43.4. The van der Waals surface area contributed by atoms with Gasteiger partial charge in [-0.15, -0.1) is 0 Å². The normalized spacial score (nSPS) is 11.4. The van der Waals surface area contributed by atoms with Crippen LogP contribution in [-0.4, -0.2) is 110 Å². The molecule has 0 fully saturated rings. The second kappa shape index (κ2) is 22.9. The van der Waals surface area contributed by atoms with Crippen LogP contribution in [0, 0.1) is 0 Å². The Morgan fingerprint density at radius 1 is 0.792 bits per heavy atom. The fourth-order valence-electron chi connectivity index (χ4n) is 4.84.